The monoisotopic (exact) mass is 201 g/mol. The van der Waals surface area contributed by atoms with Crippen LogP contribution in [-0.2, 0) is 4.74 Å². The molecule has 0 heterocycles. The van der Waals surface area contributed by atoms with E-state index in [1.54, 1.807) is 6.92 Å². The van der Waals surface area contributed by atoms with Gasteiger partial charge in [0.05, 0.1) is 12.7 Å². The van der Waals surface area contributed by atoms with E-state index in [-0.39, 0.29) is 12.2 Å². The van der Waals surface area contributed by atoms with Crippen LogP contribution >= 0.6 is 0 Å². The van der Waals surface area contributed by atoms with Gasteiger partial charge in [-0.05, 0) is 38.5 Å². The largest absolute Gasteiger partial charge is 0.450 e. The topological polar surface area (TPSA) is 58.6 Å². The maximum Gasteiger partial charge on any atom is 0.407 e. The molecule has 4 nitrogen and oxygen atoms in total. The second-order valence-electron chi connectivity index (χ2n) is 3.78. The SMILES string of the molecule is CCOC(=O)NCC1CCC(O)CC1. The molecular formula is C10H19NO3. The van der Waals surface area contributed by atoms with Crippen molar-refractivity contribution in [2.45, 2.75) is 38.7 Å². The lowest BCUT2D eigenvalue weighted by atomic mass is 9.87. The van der Waals surface area contributed by atoms with Crippen molar-refractivity contribution >= 4 is 6.09 Å². The van der Waals surface area contributed by atoms with Crippen LogP contribution in [-0.4, -0.2) is 30.5 Å². The van der Waals surface area contributed by atoms with Gasteiger partial charge in [-0.15, -0.1) is 0 Å². The summed E-state index contributed by atoms with van der Waals surface area (Å²) in [5.74, 6) is 0.503. The summed E-state index contributed by atoms with van der Waals surface area (Å²) in [6.45, 7) is 2.87. The molecule has 0 aliphatic heterocycles. The average molecular weight is 201 g/mol. The van der Waals surface area contributed by atoms with Crippen LogP contribution in [0.1, 0.15) is 32.6 Å². The number of carbonyl (C=O) groups excluding carboxylic acids is 1. The van der Waals surface area contributed by atoms with Gasteiger partial charge in [0.25, 0.3) is 0 Å². The standard InChI is InChI=1S/C10H19NO3/c1-2-14-10(13)11-7-8-3-5-9(12)6-4-8/h8-9,12H,2-7H2,1H3,(H,11,13). The Morgan fingerprint density at radius 2 is 2.07 bits per heavy atom. The Kier molecular flexibility index (Phi) is 4.73. The summed E-state index contributed by atoms with van der Waals surface area (Å²) in [6.07, 6.45) is 3.23. The van der Waals surface area contributed by atoms with Gasteiger partial charge in [-0.2, -0.15) is 0 Å². The Morgan fingerprint density at radius 1 is 1.43 bits per heavy atom. The first-order valence-electron chi connectivity index (χ1n) is 5.31. The Hall–Kier alpha value is -0.770. The van der Waals surface area contributed by atoms with Crippen LogP contribution < -0.4 is 5.32 Å². The van der Waals surface area contributed by atoms with Gasteiger partial charge in [0.1, 0.15) is 0 Å². The Labute approximate surface area is 84.6 Å². The van der Waals surface area contributed by atoms with E-state index in [0.717, 1.165) is 25.7 Å². The smallest absolute Gasteiger partial charge is 0.407 e. The lowest BCUT2D eigenvalue weighted by molar-refractivity contribution is 0.106. The fourth-order valence-electron chi connectivity index (χ4n) is 1.76. The molecule has 1 amide bonds. The van der Waals surface area contributed by atoms with Crippen molar-refractivity contribution in [3.63, 3.8) is 0 Å². The number of rotatable bonds is 3. The van der Waals surface area contributed by atoms with Crippen LogP contribution in [0.5, 0.6) is 0 Å². The van der Waals surface area contributed by atoms with Gasteiger partial charge in [0, 0.05) is 6.54 Å². The van der Waals surface area contributed by atoms with Gasteiger partial charge in [-0.25, -0.2) is 4.79 Å². The van der Waals surface area contributed by atoms with Crippen molar-refractivity contribution in [2.24, 2.45) is 5.92 Å². The number of aliphatic hydroxyl groups excluding tert-OH is 1. The summed E-state index contributed by atoms with van der Waals surface area (Å²) in [5.41, 5.74) is 0. The lowest BCUT2D eigenvalue weighted by Gasteiger charge is -2.25. The summed E-state index contributed by atoms with van der Waals surface area (Å²) in [6, 6.07) is 0. The zero-order valence-electron chi connectivity index (χ0n) is 8.66. The third kappa shape index (κ3) is 3.96. The molecule has 1 saturated carbocycles. The van der Waals surface area contributed by atoms with Crippen molar-refractivity contribution in [2.75, 3.05) is 13.2 Å². The molecule has 1 aliphatic rings. The van der Waals surface area contributed by atoms with Crippen molar-refractivity contribution < 1.29 is 14.6 Å². The number of alkyl carbamates (subject to hydrolysis) is 1. The highest BCUT2D eigenvalue weighted by Gasteiger charge is 2.19. The maximum absolute atomic E-state index is 11.0. The van der Waals surface area contributed by atoms with E-state index in [4.69, 9.17) is 4.74 Å². The van der Waals surface area contributed by atoms with Crippen molar-refractivity contribution in [3.05, 3.63) is 0 Å². The molecule has 0 aromatic carbocycles. The molecule has 0 spiro atoms. The van der Waals surface area contributed by atoms with Crippen LogP contribution in [0.3, 0.4) is 0 Å². The molecule has 1 aliphatic carbocycles. The van der Waals surface area contributed by atoms with Crippen LogP contribution in [0.2, 0.25) is 0 Å². The summed E-state index contributed by atoms with van der Waals surface area (Å²) >= 11 is 0. The molecule has 0 atom stereocenters. The molecule has 1 rings (SSSR count). The molecule has 0 radical (unpaired) electrons. The first kappa shape index (κ1) is 11.3. The zero-order chi connectivity index (χ0) is 10.4. The predicted octanol–water partition coefficient (Wildman–Crippen LogP) is 1.28. The van der Waals surface area contributed by atoms with E-state index in [9.17, 15) is 9.90 Å². The number of hydrogen-bond acceptors (Lipinski definition) is 3. The van der Waals surface area contributed by atoms with Gasteiger partial charge in [-0.3, -0.25) is 0 Å². The second kappa shape index (κ2) is 5.86. The average Bonchev–Trinajstić information content (AvgIpc) is 2.17. The molecule has 1 fully saturated rings. The van der Waals surface area contributed by atoms with Crippen molar-refractivity contribution in [3.8, 4) is 0 Å². The second-order valence-corrected chi connectivity index (χ2v) is 3.78. The van der Waals surface area contributed by atoms with Crippen LogP contribution in [0.15, 0.2) is 0 Å². The lowest BCUT2D eigenvalue weighted by Crippen LogP contribution is -2.32. The Morgan fingerprint density at radius 3 is 2.64 bits per heavy atom. The van der Waals surface area contributed by atoms with Gasteiger partial charge < -0.3 is 15.2 Å². The van der Waals surface area contributed by atoms with Gasteiger partial charge >= 0.3 is 6.09 Å². The summed E-state index contributed by atoms with van der Waals surface area (Å²) in [5, 5.41) is 12.0. The first-order valence-corrected chi connectivity index (χ1v) is 5.31. The highest BCUT2D eigenvalue weighted by molar-refractivity contribution is 5.66. The normalized spacial score (nSPS) is 27.0. The predicted molar refractivity (Wildman–Crippen MR) is 53.0 cm³/mol. The molecule has 0 saturated heterocycles. The molecule has 0 unspecified atom stereocenters. The highest BCUT2D eigenvalue weighted by Crippen LogP contribution is 2.23. The van der Waals surface area contributed by atoms with E-state index in [0.29, 0.717) is 19.1 Å². The molecule has 0 bridgehead atoms. The van der Waals surface area contributed by atoms with E-state index < -0.39 is 0 Å². The number of ether oxygens (including phenoxy) is 1. The van der Waals surface area contributed by atoms with Gasteiger partial charge in [0.2, 0.25) is 0 Å². The molecule has 4 heteroatoms. The molecule has 0 aromatic heterocycles. The molecule has 14 heavy (non-hydrogen) atoms. The van der Waals surface area contributed by atoms with E-state index in [1.165, 1.54) is 0 Å². The number of nitrogens with one attached hydrogen (secondary N) is 1. The summed E-state index contributed by atoms with van der Waals surface area (Å²) < 4.78 is 4.75. The number of aliphatic hydroxyl groups is 1. The van der Waals surface area contributed by atoms with Crippen LogP contribution in [0.4, 0.5) is 4.79 Å². The summed E-state index contributed by atoms with van der Waals surface area (Å²) in [4.78, 5) is 11.0. The fraction of sp³-hybridized carbons (Fsp3) is 0.900. The van der Waals surface area contributed by atoms with Gasteiger partial charge in [-0.1, -0.05) is 0 Å². The first-order chi connectivity index (χ1) is 6.72. The number of hydrogen-bond donors (Lipinski definition) is 2. The Balaban J connectivity index is 2.09. The number of amides is 1. The molecular weight excluding hydrogens is 182 g/mol. The zero-order valence-corrected chi connectivity index (χ0v) is 8.66. The summed E-state index contributed by atoms with van der Waals surface area (Å²) in [7, 11) is 0. The van der Waals surface area contributed by atoms with Crippen LogP contribution in [0, 0.1) is 5.92 Å². The van der Waals surface area contributed by atoms with E-state index >= 15 is 0 Å². The van der Waals surface area contributed by atoms with E-state index in [2.05, 4.69) is 5.32 Å². The molecule has 2 N–H and O–H groups in total. The minimum atomic E-state index is -0.335. The quantitative estimate of drug-likeness (QED) is 0.723. The fourth-order valence-corrected chi connectivity index (χ4v) is 1.76. The third-order valence-corrected chi connectivity index (χ3v) is 2.63. The third-order valence-electron chi connectivity index (χ3n) is 2.63. The highest BCUT2D eigenvalue weighted by atomic mass is 16.5. The van der Waals surface area contributed by atoms with Crippen molar-refractivity contribution in [1.82, 2.24) is 5.32 Å². The van der Waals surface area contributed by atoms with Crippen molar-refractivity contribution in [1.29, 1.82) is 0 Å². The minimum absolute atomic E-state index is 0.131. The van der Waals surface area contributed by atoms with E-state index in [1.807, 2.05) is 0 Å². The minimum Gasteiger partial charge on any atom is -0.450 e. The number of carbonyl (C=O) groups is 1. The molecule has 0 aromatic rings. The van der Waals surface area contributed by atoms with Gasteiger partial charge in [0.15, 0.2) is 0 Å². The maximum atomic E-state index is 11.0. The van der Waals surface area contributed by atoms with Crippen LogP contribution in [0.25, 0.3) is 0 Å². The Bertz CT molecular complexity index is 176. The molecule has 82 valence electrons.